The summed E-state index contributed by atoms with van der Waals surface area (Å²) >= 11 is 1.33. The van der Waals surface area contributed by atoms with Gasteiger partial charge in [0.25, 0.3) is 11.8 Å². The Morgan fingerprint density at radius 1 is 1.23 bits per heavy atom. The molecular weight excluding hydrogens is 420 g/mol. The summed E-state index contributed by atoms with van der Waals surface area (Å²) in [6, 6.07) is 3.38. The highest BCUT2D eigenvalue weighted by Gasteiger charge is 2.34. The fourth-order valence-electron chi connectivity index (χ4n) is 3.49. The number of likely N-dealkylation sites (tertiary alicyclic amines) is 1. The zero-order valence-electron chi connectivity index (χ0n) is 17.1. The van der Waals surface area contributed by atoms with E-state index in [0.717, 1.165) is 12.8 Å². The molecule has 0 bridgehead atoms. The van der Waals surface area contributed by atoms with Gasteiger partial charge in [0.1, 0.15) is 27.8 Å². The number of carbonyl (C=O) groups is 3. The molecule has 0 spiro atoms. The van der Waals surface area contributed by atoms with Gasteiger partial charge in [0.05, 0.1) is 25.9 Å². The fourth-order valence-corrected chi connectivity index (χ4v) is 4.44. The van der Waals surface area contributed by atoms with E-state index in [1.165, 1.54) is 18.4 Å². The minimum Gasteiger partial charge on any atom is -0.495 e. The molecule has 2 N–H and O–H groups in total. The maximum Gasteiger partial charge on any atom is 0.274 e. The molecule has 4 heterocycles. The van der Waals surface area contributed by atoms with Gasteiger partial charge >= 0.3 is 0 Å². The van der Waals surface area contributed by atoms with Crippen molar-refractivity contribution in [3.8, 4) is 5.75 Å². The highest BCUT2D eigenvalue weighted by atomic mass is 32.1. The molecule has 1 saturated heterocycles. The molecule has 1 unspecified atom stereocenters. The Bertz CT molecular complexity index is 1140. The maximum atomic E-state index is 13.2. The molecule has 3 aromatic heterocycles. The highest BCUT2D eigenvalue weighted by molar-refractivity contribution is 7.09. The Hall–Kier alpha value is -3.47. The van der Waals surface area contributed by atoms with Crippen molar-refractivity contribution in [3.63, 3.8) is 0 Å². The number of thiazole rings is 1. The minimum atomic E-state index is -0.420. The van der Waals surface area contributed by atoms with Gasteiger partial charge in [0.2, 0.25) is 5.91 Å². The number of amides is 3. The lowest BCUT2D eigenvalue weighted by Crippen LogP contribution is -2.35. The molecule has 1 atom stereocenters. The van der Waals surface area contributed by atoms with Crippen LogP contribution >= 0.6 is 11.3 Å². The fraction of sp³-hybridized carbons (Fsp3) is 0.350. The SMILES string of the molecule is CNC(=O)CNC(=O)c1csc(C2CCCN2C(=O)c2cn3cc(OC)ccc3n2)n1. The predicted octanol–water partition coefficient (Wildman–Crippen LogP) is 1.25. The summed E-state index contributed by atoms with van der Waals surface area (Å²) in [5.74, 6) is -0.211. The average molecular weight is 443 g/mol. The Morgan fingerprint density at radius 2 is 2.06 bits per heavy atom. The van der Waals surface area contributed by atoms with E-state index in [-0.39, 0.29) is 30.1 Å². The largest absolute Gasteiger partial charge is 0.495 e. The first kappa shape index (κ1) is 20.8. The zero-order valence-corrected chi connectivity index (χ0v) is 17.9. The van der Waals surface area contributed by atoms with Crippen LogP contribution in [0.1, 0.15) is 44.9 Å². The van der Waals surface area contributed by atoms with Gasteiger partial charge in [-0.25, -0.2) is 9.97 Å². The number of likely N-dealkylation sites (N-methyl/N-ethyl adjacent to an activating group) is 1. The van der Waals surface area contributed by atoms with Crippen LogP contribution < -0.4 is 15.4 Å². The van der Waals surface area contributed by atoms with Crippen LogP contribution in [0.2, 0.25) is 0 Å². The second kappa shape index (κ2) is 8.72. The summed E-state index contributed by atoms with van der Waals surface area (Å²) in [6.07, 6.45) is 5.06. The van der Waals surface area contributed by atoms with Gasteiger partial charge in [-0.2, -0.15) is 0 Å². The first-order chi connectivity index (χ1) is 15.0. The van der Waals surface area contributed by atoms with Gasteiger partial charge in [-0.15, -0.1) is 11.3 Å². The Kier molecular flexibility index (Phi) is 5.85. The van der Waals surface area contributed by atoms with Crippen LogP contribution in [0.3, 0.4) is 0 Å². The molecule has 3 amide bonds. The van der Waals surface area contributed by atoms with E-state index in [4.69, 9.17) is 4.74 Å². The summed E-state index contributed by atoms with van der Waals surface area (Å²) in [4.78, 5) is 47.3. The van der Waals surface area contributed by atoms with Crippen molar-refractivity contribution >= 4 is 34.7 Å². The van der Waals surface area contributed by atoms with Crippen LogP contribution in [-0.2, 0) is 4.79 Å². The smallest absolute Gasteiger partial charge is 0.274 e. The van der Waals surface area contributed by atoms with Gasteiger partial charge in [0, 0.05) is 25.2 Å². The number of aromatic nitrogens is 3. The molecule has 162 valence electrons. The van der Waals surface area contributed by atoms with Crippen molar-refractivity contribution in [2.75, 3.05) is 27.2 Å². The molecule has 0 aromatic carbocycles. The van der Waals surface area contributed by atoms with Crippen molar-refractivity contribution in [1.29, 1.82) is 0 Å². The molecular formula is C20H22N6O4S. The minimum absolute atomic E-state index is 0.116. The second-order valence-corrected chi connectivity index (χ2v) is 7.93. The summed E-state index contributed by atoms with van der Waals surface area (Å²) < 4.78 is 6.98. The molecule has 11 heteroatoms. The van der Waals surface area contributed by atoms with Crippen LogP contribution in [0.25, 0.3) is 5.65 Å². The number of nitrogens with zero attached hydrogens (tertiary/aromatic N) is 4. The topological polar surface area (TPSA) is 118 Å². The number of fused-ring (bicyclic) bond motifs is 1. The Balaban J connectivity index is 1.50. The molecule has 31 heavy (non-hydrogen) atoms. The van der Waals surface area contributed by atoms with Crippen LogP contribution in [0, 0.1) is 0 Å². The molecule has 4 rings (SSSR count). The quantitative estimate of drug-likeness (QED) is 0.593. The molecule has 3 aromatic rings. The van der Waals surface area contributed by atoms with Crippen molar-refractivity contribution in [2.45, 2.75) is 18.9 Å². The number of nitrogens with one attached hydrogen (secondary N) is 2. The number of imidazole rings is 1. The lowest BCUT2D eigenvalue weighted by Gasteiger charge is -2.22. The van der Waals surface area contributed by atoms with Gasteiger partial charge in [-0.05, 0) is 25.0 Å². The average Bonchev–Trinajstić information content (AvgIpc) is 3.54. The normalized spacial score (nSPS) is 15.8. The standard InChI is InChI=1S/C20H22N6O4S/c1-21-17(27)8-22-18(28)14-11-31-19(24-14)15-4-3-7-26(15)20(29)13-10-25-9-12(30-2)5-6-16(25)23-13/h5-6,9-11,15H,3-4,7-8H2,1-2H3,(H,21,27)(H,22,28). The third-order valence-electron chi connectivity index (χ3n) is 5.12. The first-order valence-corrected chi connectivity index (χ1v) is 10.7. The zero-order chi connectivity index (χ0) is 22.0. The van der Waals surface area contributed by atoms with Gasteiger partial charge in [-0.1, -0.05) is 0 Å². The number of ether oxygens (including phenoxy) is 1. The molecule has 0 saturated carbocycles. The van der Waals surface area contributed by atoms with E-state index >= 15 is 0 Å². The van der Waals surface area contributed by atoms with Crippen LogP contribution in [0.5, 0.6) is 5.75 Å². The molecule has 1 aliphatic rings. The summed E-state index contributed by atoms with van der Waals surface area (Å²) in [5, 5.41) is 7.31. The van der Waals surface area contributed by atoms with Crippen LogP contribution in [-0.4, -0.2) is 64.2 Å². The highest BCUT2D eigenvalue weighted by Crippen LogP contribution is 2.34. The van der Waals surface area contributed by atoms with Crippen molar-refractivity contribution < 1.29 is 19.1 Å². The molecule has 10 nitrogen and oxygen atoms in total. The van der Waals surface area contributed by atoms with E-state index in [9.17, 15) is 14.4 Å². The first-order valence-electron chi connectivity index (χ1n) is 9.78. The van der Waals surface area contributed by atoms with Crippen molar-refractivity contribution in [1.82, 2.24) is 29.9 Å². The lowest BCUT2D eigenvalue weighted by atomic mass is 10.2. The summed E-state index contributed by atoms with van der Waals surface area (Å²) in [7, 11) is 3.08. The number of pyridine rings is 1. The maximum absolute atomic E-state index is 13.2. The van der Waals surface area contributed by atoms with Gasteiger partial charge in [-0.3, -0.25) is 14.4 Å². The number of methoxy groups -OCH3 is 1. The van der Waals surface area contributed by atoms with E-state index < -0.39 is 5.91 Å². The van der Waals surface area contributed by atoms with Gasteiger partial charge in [0.15, 0.2) is 0 Å². The van der Waals surface area contributed by atoms with Crippen LogP contribution in [0.4, 0.5) is 0 Å². The number of hydrogen-bond acceptors (Lipinski definition) is 7. The van der Waals surface area contributed by atoms with Gasteiger partial charge < -0.3 is 24.7 Å². The lowest BCUT2D eigenvalue weighted by molar-refractivity contribution is -0.119. The van der Waals surface area contributed by atoms with Crippen LogP contribution in [0.15, 0.2) is 29.9 Å². The Morgan fingerprint density at radius 3 is 2.84 bits per heavy atom. The third-order valence-corrected chi connectivity index (χ3v) is 6.07. The number of rotatable bonds is 6. The van der Waals surface area contributed by atoms with Crippen molar-refractivity contribution in [3.05, 3.63) is 46.3 Å². The summed E-state index contributed by atoms with van der Waals surface area (Å²) in [6.45, 7) is 0.480. The number of hydrogen-bond donors (Lipinski definition) is 2. The Labute approximate surface area is 182 Å². The summed E-state index contributed by atoms with van der Waals surface area (Å²) in [5.41, 5.74) is 1.24. The van der Waals surface area contributed by atoms with E-state index in [1.54, 1.807) is 46.3 Å². The molecule has 0 radical (unpaired) electrons. The van der Waals surface area contributed by atoms with E-state index in [0.29, 0.717) is 28.6 Å². The van der Waals surface area contributed by atoms with E-state index in [1.807, 2.05) is 0 Å². The predicted molar refractivity (Wildman–Crippen MR) is 113 cm³/mol. The monoisotopic (exact) mass is 442 g/mol. The third kappa shape index (κ3) is 4.22. The number of carbonyl (C=O) groups excluding carboxylic acids is 3. The second-order valence-electron chi connectivity index (χ2n) is 7.04. The molecule has 0 aliphatic carbocycles. The van der Waals surface area contributed by atoms with E-state index in [2.05, 4.69) is 20.6 Å². The molecule has 1 fully saturated rings. The van der Waals surface area contributed by atoms with Crippen molar-refractivity contribution in [2.24, 2.45) is 0 Å². The molecule has 1 aliphatic heterocycles.